The molecule has 3 aromatic carbocycles. The van der Waals surface area contributed by atoms with Crippen molar-refractivity contribution >= 4 is 21.6 Å². The van der Waals surface area contributed by atoms with E-state index in [4.69, 9.17) is 9.47 Å². The number of likely N-dealkylation sites (N-methyl/N-ethyl adjacent to an activating group) is 1. The Morgan fingerprint density at radius 3 is 2.55 bits per heavy atom. The quantitative estimate of drug-likeness (QED) is 0.487. The van der Waals surface area contributed by atoms with Gasteiger partial charge in [0, 0.05) is 25.2 Å². The molecule has 0 aromatic heterocycles. The van der Waals surface area contributed by atoms with E-state index in [2.05, 4.69) is 17.4 Å². The van der Waals surface area contributed by atoms with Crippen LogP contribution in [0.15, 0.2) is 65.6 Å². The summed E-state index contributed by atoms with van der Waals surface area (Å²) in [6, 6.07) is 18.5. The van der Waals surface area contributed by atoms with Gasteiger partial charge in [-0.15, -0.1) is 0 Å². The van der Waals surface area contributed by atoms with Crippen molar-refractivity contribution < 1.29 is 22.7 Å². The average Bonchev–Trinajstić information content (AvgIpc) is 2.99. The molecule has 1 aliphatic carbocycles. The van der Waals surface area contributed by atoms with E-state index in [9.17, 15) is 13.2 Å². The Morgan fingerprint density at radius 2 is 1.70 bits per heavy atom. The molecule has 1 N–H and O–H groups in total. The maximum atomic E-state index is 13.0. The molecule has 0 saturated carbocycles. The molecular formula is C25H24N2O5S. The fourth-order valence-corrected chi connectivity index (χ4v) is 5.34. The second-order valence-corrected chi connectivity index (χ2v) is 10.2. The summed E-state index contributed by atoms with van der Waals surface area (Å²) in [5.74, 6) is 0.502. The highest BCUT2D eigenvalue weighted by molar-refractivity contribution is 7.89. The van der Waals surface area contributed by atoms with Crippen LogP contribution in [0.5, 0.6) is 11.5 Å². The number of nitrogens with one attached hydrogen (secondary N) is 1. The summed E-state index contributed by atoms with van der Waals surface area (Å²) in [7, 11) is -2.49. The van der Waals surface area contributed by atoms with Gasteiger partial charge in [0.1, 0.15) is 0 Å². The lowest BCUT2D eigenvalue weighted by Gasteiger charge is -2.18. The third-order valence-electron chi connectivity index (χ3n) is 5.87. The fourth-order valence-electron chi connectivity index (χ4n) is 4.19. The monoisotopic (exact) mass is 464 g/mol. The summed E-state index contributed by atoms with van der Waals surface area (Å²) in [6.07, 6.45) is 1.54. The second kappa shape index (κ2) is 8.53. The van der Waals surface area contributed by atoms with Crippen LogP contribution in [-0.2, 0) is 21.2 Å². The molecule has 1 heterocycles. The first-order valence-electron chi connectivity index (χ1n) is 10.8. The van der Waals surface area contributed by atoms with Gasteiger partial charge < -0.3 is 14.8 Å². The average molecular weight is 465 g/mol. The van der Waals surface area contributed by atoms with Gasteiger partial charge >= 0.3 is 0 Å². The zero-order chi connectivity index (χ0) is 23.0. The Bertz CT molecular complexity index is 1340. The molecule has 0 fully saturated rings. The molecular weight excluding hydrogens is 440 g/mol. The Labute approximate surface area is 193 Å². The van der Waals surface area contributed by atoms with Crippen molar-refractivity contribution in [3.05, 3.63) is 71.8 Å². The Hall–Kier alpha value is -3.36. The molecule has 0 bridgehead atoms. The molecule has 1 amide bonds. The van der Waals surface area contributed by atoms with Crippen molar-refractivity contribution in [2.45, 2.75) is 17.7 Å². The lowest BCUT2D eigenvalue weighted by Crippen LogP contribution is -2.35. The number of fused-ring (bicyclic) bond motifs is 4. The molecule has 0 atom stereocenters. The summed E-state index contributed by atoms with van der Waals surface area (Å²) < 4.78 is 38.2. The minimum Gasteiger partial charge on any atom is -0.490 e. The first-order chi connectivity index (χ1) is 15.9. The number of anilines is 1. The van der Waals surface area contributed by atoms with Crippen LogP contribution in [0.25, 0.3) is 11.1 Å². The van der Waals surface area contributed by atoms with E-state index < -0.39 is 15.9 Å². The normalized spacial score (nSPS) is 14.4. The number of hydrogen-bond acceptors (Lipinski definition) is 5. The van der Waals surface area contributed by atoms with Gasteiger partial charge in [-0.05, 0) is 52.9 Å². The SMILES string of the molecule is CN(CC(=O)Nc1ccc2c(c1)Cc1ccccc1-2)S(=O)(=O)c1ccc2c(c1)OCCCO2. The van der Waals surface area contributed by atoms with Crippen molar-refractivity contribution in [3.63, 3.8) is 0 Å². The van der Waals surface area contributed by atoms with Crippen LogP contribution in [-0.4, -0.2) is 45.4 Å². The smallest absolute Gasteiger partial charge is 0.243 e. The maximum Gasteiger partial charge on any atom is 0.243 e. The van der Waals surface area contributed by atoms with Gasteiger partial charge in [-0.2, -0.15) is 4.31 Å². The largest absolute Gasteiger partial charge is 0.490 e. The fraction of sp³-hybridized carbons (Fsp3) is 0.240. The number of benzene rings is 3. The number of hydrogen-bond donors (Lipinski definition) is 1. The number of carbonyl (C=O) groups is 1. The van der Waals surface area contributed by atoms with Gasteiger partial charge in [-0.25, -0.2) is 8.42 Å². The maximum absolute atomic E-state index is 13.0. The summed E-state index contributed by atoms with van der Waals surface area (Å²) >= 11 is 0. The van der Waals surface area contributed by atoms with Crippen molar-refractivity contribution in [1.29, 1.82) is 0 Å². The molecule has 0 radical (unpaired) electrons. The van der Waals surface area contributed by atoms with Crippen LogP contribution in [0.1, 0.15) is 17.5 Å². The van der Waals surface area contributed by atoms with Crippen molar-refractivity contribution in [2.24, 2.45) is 0 Å². The topological polar surface area (TPSA) is 84.9 Å². The van der Waals surface area contributed by atoms with Crippen LogP contribution in [0.2, 0.25) is 0 Å². The van der Waals surface area contributed by atoms with Gasteiger partial charge in [0.15, 0.2) is 11.5 Å². The standard InChI is InChI=1S/C25H24N2O5S/c1-27(33(29,30)20-8-10-23-24(15-20)32-12-4-11-31-23)16-25(28)26-19-7-9-22-18(14-19)13-17-5-2-3-6-21(17)22/h2-3,5-10,14-15H,4,11-13,16H2,1H3,(H,26,28). The first kappa shape index (κ1) is 21.5. The zero-order valence-electron chi connectivity index (χ0n) is 18.2. The summed E-state index contributed by atoms with van der Waals surface area (Å²) in [6.45, 7) is 0.669. The second-order valence-electron chi connectivity index (χ2n) is 8.17. The predicted octanol–water partition coefficient (Wildman–Crippen LogP) is 3.68. The molecule has 7 nitrogen and oxygen atoms in total. The van der Waals surface area contributed by atoms with Gasteiger partial charge in [0.25, 0.3) is 0 Å². The van der Waals surface area contributed by atoms with Crippen LogP contribution >= 0.6 is 0 Å². The molecule has 1 aliphatic heterocycles. The Kier molecular flexibility index (Phi) is 5.55. The molecule has 0 saturated heterocycles. The van der Waals surface area contributed by atoms with Crippen LogP contribution < -0.4 is 14.8 Å². The van der Waals surface area contributed by atoms with Crippen LogP contribution in [0, 0.1) is 0 Å². The van der Waals surface area contributed by atoms with Gasteiger partial charge in [-0.3, -0.25) is 4.79 Å². The van der Waals surface area contributed by atoms with Gasteiger partial charge in [-0.1, -0.05) is 30.3 Å². The lowest BCUT2D eigenvalue weighted by molar-refractivity contribution is -0.116. The molecule has 3 aromatic rings. The Balaban J connectivity index is 1.27. The lowest BCUT2D eigenvalue weighted by atomic mass is 10.1. The minimum atomic E-state index is -3.88. The van der Waals surface area contributed by atoms with Crippen LogP contribution in [0.3, 0.4) is 0 Å². The van der Waals surface area contributed by atoms with E-state index >= 15 is 0 Å². The highest BCUT2D eigenvalue weighted by Gasteiger charge is 2.25. The first-order valence-corrected chi connectivity index (χ1v) is 12.2. The van der Waals surface area contributed by atoms with Crippen molar-refractivity contribution in [3.8, 4) is 22.6 Å². The highest BCUT2D eigenvalue weighted by atomic mass is 32.2. The Morgan fingerprint density at radius 1 is 0.939 bits per heavy atom. The van der Waals surface area contributed by atoms with Crippen LogP contribution in [0.4, 0.5) is 5.69 Å². The number of sulfonamides is 1. The van der Waals surface area contributed by atoms with E-state index in [1.165, 1.54) is 30.3 Å². The summed E-state index contributed by atoms with van der Waals surface area (Å²) in [4.78, 5) is 12.7. The number of rotatable bonds is 5. The van der Waals surface area contributed by atoms with E-state index in [0.29, 0.717) is 30.4 Å². The molecule has 8 heteroatoms. The molecule has 170 valence electrons. The third-order valence-corrected chi connectivity index (χ3v) is 7.67. The summed E-state index contributed by atoms with van der Waals surface area (Å²) in [5.41, 5.74) is 5.43. The number of amides is 1. The zero-order valence-corrected chi connectivity index (χ0v) is 19.0. The highest BCUT2D eigenvalue weighted by Crippen LogP contribution is 2.37. The predicted molar refractivity (Wildman–Crippen MR) is 125 cm³/mol. The molecule has 2 aliphatic rings. The molecule has 0 spiro atoms. The molecule has 0 unspecified atom stereocenters. The van der Waals surface area contributed by atoms with Crippen molar-refractivity contribution in [2.75, 3.05) is 32.1 Å². The minimum absolute atomic E-state index is 0.0531. The number of carbonyl (C=O) groups excluding carboxylic acids is 1. The van der Waals surface area contributed by atoms with Gasteiger partial charge in [0.2, 0.25) is 15.9 Å². The van der Waals surface area contributed by atoms with E-state index in [1.807, 2.05) is 30.3 Å². The third kappa shape index (κ3) is 4.19. The van der Waals surface area contributed by atoms with E-state index in [1.54, 1.807) is 6.07 Å². The van der Waals surface area contributed by atoms with E-state index in [-0.39, 0.29) is 11.4 Å². The molecule has 33 heavy (non-hydrogen) atoms. The van der Waals surface area contributed by atoms with Gasteiger partial charge in [0.05, 0.1) is 24.7 Å². The summed E-state index contributed by atoms with van der Waals surface area (Å²) in [5, 5.41) is 2.82. The molecule has 5 rings (SSSR count). The number of ether oxygens (including phenoxy) is 2. The number of nitrogens with zero attached hydrogens (tertiary/aromatic N) is 1. The van der Waals surface area contributed by atoms with E-state index in [0.717, 1.165) is 28.3 Å². The van der Waals surface area contributed by atoms with Crippen molar-refractivity contribution in [1.82, 2.24) is 4.31 Å².